The normalized spacial score (nSPS) is 27.0. The fraction of sp³-hybridized carbons (Fsp3) is 0.400. The molecule has 1 aliphatic rings. The van der Waals surface area contributed by atoms with Gasteiger partial charge in [-0.3, -0.25) is 4.84 Å². The third-order valence-corrected chi connectivity index (χ3v) is 2.25. The molecular weight excluding hydrogens is 182 g/mol. The second-order valence-corrected chi connectivity index (χ2v) is 3.17. The second kappa shape index (κ2) is 3.96. The van der Waals surface area contributed by atoms with Crippen LogP contribution in [0.4, 0.5) is 0 Å². The number of hydrogen-bond acceptors (Lipinski definition) is 4. The highest BCUT2D eigenvalue weighted by Crippen LogP contribution is 2.21. The largest absolute Gasteiger partial charge is 0.485 e. The number of rotatable bonds is 3. The molecule has 1 N–H and O–H groups in total. The molecule has 1 aliphatic heterocycles. The van der Waals surface area contributed by atoms with Crippen LogP contribution in [0.1, 0.15) is 0 Å². The molecule has 0 spiro atoms. The van der Waals surface area contributed by atoms with Crippen molar-refractivity contribution in [3.8, 4) is 5.75 Å². The van der Waals surface area contributed by atoms with Crippen molar-refractivity contribution < 1.29 is 14.7 Å². The number of nitrogens with zero attached hydrogens (tertiary/aromatic N) is 1. The molecule has 14 heavy (non-hydrogen) atoms. The number of benzene rings is 1. The van der Waals surface area contributed by atoms with E-state index in [1.54, 1.807) is 0 Å². The summed E-state index contributed by atoms with van der Waals surface area (Å²) in [6.45, 7) is 0.590. The summed E-state index contributed by atoms with van der Waals surface area (Å²) in [4.78, 5) is 4.87. The minimum Gasteiger partial charge on any atom is -0.485 e. The van der Waals surface area contributed by atoms with Crippen LogP contribution in [0.3, 0.4) is 0 Å². The minimum absolute atomic E-state index is 0.197. The second-order valence-electron chi connectivity index (χ2n) is 3.17. The summed E-state index contributed by atoms with van der Waals surface area (Å²) in [6, 6.07) is 9.44. The summed E-state index contributed by atoms with van der Waals surface area (Å²) in [5.41, 5.74) is 0. The molecule has 1 heterocycles. The Kier molecular flexibility index (Phi) is 2.67. The maximum atomic E-state index is 9.50. The third kappa shape index (κ3) is 1.72. The van der Waals surface area contributed by atoms with E-state index in [-0.39, 0.29) is 6.10 Å². The van der Waals surface area contributed by atoms with Gasteiger partial charge in [0.05, 0.1) is 13.7 Å². The summed E-state index contributed by atoms with van der Waals surface area (Å²) in [5, 5.41) is 11.0. The van der Waals surface area contributed by atoms with Gasteiger partial charge in [-0.1, -0.05) is 18.2 Å². The first kappa shape index (κ1) is 9.45. The molecule has 1 fully saturated rings. The van der Waals surface area contributed by atoms with Crippen molar-refractivity contribution >= 4 is 0 Å². The Bertz CT molecular complexity index is 291. The smallest absolute Gasteiger partial charge is 0.168 e. The molecule has 0 aromatic heterocycles. The maximum absolute atomic E-state index is 9.50. The molecule has 0 saturated carbocycles. The maximum Gasteiger partial charge on any atom is 0.168 e. The first-order valence-corrected chi connectivity index (χ1v) is 4.52. The molecule has 2 rings (SSSR count). The van der Waals surface area contributed by atoms with Gasteiger partial charge < -0.3 is 9.84 Å². The summed E-state index contributed by atoms with van der Waals surface area (Å²) in [7, 11) is 1.53. The Morgan fingerprint density at radius 3 is 2.64 bits per heavy atom. The molecule has 0 amide bonds. The molecule has 1 aromatic rings. The SMILES string of the molecule is CON1CC(Oc2ccccc2)C1O. The van der Waals surface area contributed by atoms with Gasteiger partial charge in [0.2, 0.25) is 0 Å². The van der Waals surface area contributed by atoms with E-state index >= 15 is 0 Å². The van der Waals surface area contributed by atoms with Crippen LogP contribution in [0.25, 0.3) is 0 Å². The first-order valence-electron chi connectivity index (χ1n) is 4.52. The zero-order valence-electron chi connectivity index (χ0n) is 7.96. The Morgan fingerprint density at radius 2 is 2.07 bits per heavy atom. The topological polar surface area (TPSA) is 41.9 Å². The molecule has 2 unspecified atom stereocenters. The Morgan fingerprint density at radius 1 is 1.36 bits per heavy atom. The van der Waals surface area contributed by atoms with Crippen molar-refractivity contribution in [1.82, 2.24) is 5.06 Å². The van der Waals surface area contributed by atoms with E-state index in [0.717, 1.165) is 5.75 Å². The molecule has 2 atom stereocenters. The lowest BCUT2D eigenvalue weighted by molar-refractivity contribution is -0.312. The van der Waals surface area contributed by atoms with Crippen LogP contribution in [0.5, 0.6) is 5.75 Å². The van der Waals surface area contributed by atoms with Crippen molar-refractivity contribution in [2.75, 3.05) is 13.7 Å². The summed E-state index contributed by atoms with van der Waals surface area (Å²) in [5.74, 6) is 0.771. The van der Waals surface area contributed by atoms with Crippen molar-refractivity contribution in [2.45, 2.75) is 12.3 Å². The number of aliphatic hydroxyl groups excluding tert-OH is 1. The fourth-order valence-electron chi connectivity index (χ4n) is 1.38. The molecule has 1 aromatic carbocycles. The zero-order chi connectivity index (χ0) is 9.97. The third-order valence-electron chi connectivity index (χ3n) is 2.25. The monoisotopic (exact) mass is 195 g/mol. The first-order chi connectivity index (χ1) is 6.81. The molecule has 4 heteroatoms. The van der Waals surface area contributed by atoms with Crippen molar-refractivity contribution in [2.24, 2.45) is 0 Å². The van der Waals surface area contributed by atoms with Crippen molar-refractivity contribution in [1.29, 1.82) is 0 Å². The summed E-state index contributed by atoms with van der Waals surface area (Å²) in [6.07, 6.45) is -0.863. The van der Waals surface area contributed by atoms with Gasteiger partial charge in [0.1, 0.15) is 5.75 Å². The van der Waals surface area contributed by atoms with Crippen LogP contribution in [-0.4, -0.2) is 36.2 Å². The Balaban J connectivity index is 1.89. The average molecular weight is 195 g/mol. The van der Waals surface area contributed by atoms with Gasteiger partial charge in [-0.2, -0.15) is 5.06 Å². The highest BCUT2D eigenvalue weighted by molar-refractivity contribution is 5.21. The predicted octanol–water partition coefficient (Wildman–Crippen LogP) is 0.629. The molecular formula is C10H13NO3. The van der Waals surface area contributed by atoms with Gasteiger partial charge in [0.15, 0.2) is 12.3 Å². The number of hydrogen-bond donors (Lipinski definition) is 1. The standard InChI is InChI=1S/C10H13NO3/c1-13-11-7-9(10(11)12)14-8-5-3-2-4-6-8/h2-6,9-10,12H,7H2,1H3. The van der Waals surface area contributed by atoms with Gasteiger partial charge in [-0.15, -0.1) is 0 Å². The van der Waals surface area contributed by atoms with Gasteiger partial charge in [-0.05, 0) is 12.1 Å². The van der Waals surface area contributed by atoms with Crippen molar-refractivity contribution in [3.05, 3.63) is 30.3 Å². The molecule has 4 nitrogen and oxygen atoms in total. The van der Waals surface area contributed by atoms with E-state index in [9.17, 15) is 5.11 Å². The van der Waals surface area contributed by atoms with Gasteiger partial charge in [-0.25, -0.2) is 0 Å². The van der Waals surface area contributed by atoms with Crippen LogP contribution < -0.4 is 4.74 Å². The van der Waals surface area contributed by atoms with E-state index in [4.69, 9.17) is 9.57 Å². The van der Waals surface area contributed by atoms with Crippen molar-refractivity contribution in [3.63, 3.8) is 0 Å². The fourth-order valence-corrected chi connectivity index (χ4v) is 1.38. The van der Waals surface area contributed by atoms with E-state index in [2.05, 4.69) is 0 Å². The number of aliphatic hydroxyl groups is 1. The Labute approximate surface area is 82.6 Å². The van der Waals surface area contributed by atoms with Crippen LogP contribution in [0, 0.1) is 0 Å². The van der Waals surface area contributed by atoms with Gasteiger partial charge in [0.25, 0.3) is 0 Å². The summed E-state index contributed by atoms with van der Waals surface area (Å²) < 4.78 is 5.52. The van der Waals surface area contributed by atoms with Crippen LogP contribution in [-0.2, 0) is 4.84 Å². The number of para-hydroxylation sites is 1. The minimum atomic E-state index is -0.666. The van der Waals surface area contributed by atoms with Crippen LogP contribution in [0.2, 0.25) is 0 Å². The van der Waals surface area contributed by atoms with E-state index < -0.39 is 6.23 Å². The zero-order valence-corrected chi connectivity index (χ0v) is 7.96. The summed E-state index contributed by atoms with van der Waals surface area (Å²) >= 11 is 0. The lowest BCUT2D eigenvalue weighted by Gasteiger charge is -2.41. The number of ether oxygens (including phenoxy) is 1. The highest BCUT2D eigenvalue weighted by atomic mass is 16.7. The quantitative estimate of drug-likeness (QED) is 0.768. The predicted molar refractivity (Wildman–Crippen MR) is 50.6 cm³/mol. The van der Waals surface area contributed by atoms with E-state index in [0.29, 0.717) is 6.54 Å². The van der Waals surface area contributed by atoms with Gasteiger partial charge >= 0.3 is 0 Å². The lowest BCUT2D eigenvalue weighted by Crippen LogP contribution is -2.61. The molecule has 0 aliphatic carbocycles. The molecule has 76 valence electrons. The molecule has 0 radical (unpaired) electrons. The van der Waals surface area contributed by atoms with E-state index in [1.165, 1.54) is 12.2 Å². The molecule has 1 saturated heterocycles. The Hall–Kier alpha value is -1.10. The average Bonchev–Trinajstić information content (AvgIpc) is 2.24. The van der Waals surface area contributed by atoms with Gasteiger partial charge in [0, 0.05) is 0 Å². The molecule has 0 bridgehead atoms. The van der Waals surface area contributed by atoms with Crippen LogP contribution >= 0.6 is 0 Å². The number of hydroxylamine groups is 2. The lowest BCUT2D eigenvalue weighted by atomic mass is 10.2. The van der Waals surface area contributed by atoms with E-state index in [1.807, 2.05) is 30.3 Å². The highest BCUT2D eigenvalue weighted by Gasteiger charge is 2.40. The van der Waals surface area contributed by atoms with Crippen LogP contribution in [0.15, 0.2) is 30.3 Å².